The van der Waals surface area contributed by atoms with E-state index >= 15 is 0 Å². The van der Waals surface area contributed by atoms with Gasteiger partial charge in [-0.05, 0) is 44.9 Å². The van der Waals surface area contributed by atoms with Crippen LogP contribution in [-0.2, 0) is 0 Å². The smallest absolute Gasteiger partial charge is 0.258 e. The van der Waals surface area contributed by atoms with Gasteiger partial charge in [0.2, 0.25) is 11.8 Å². The van der Waals surface area contributed by atoms with E-state index in [1.54, 1.807) is 0 Å². The van der Waals surface area contributed by atoms with Crippen LogP contribution in [0.1, 0.15) is 55.3 Å². The number of ether oxygens (including phenoxy) is 1. The molecule has 3 rings (SSSR count). The number of rotatable bonds is 5. The highest BCUT2D eigenvalue weighted by Crippen LogP contribution is 2.25. The number of nitrogens with zero attached hydrogens (tertiary/aromatic N) is 2. The molecule has 0 spiro atoms. The molecule has 26 heavy (non-hydrogen) atoms. The molecule has 7 heteroatoms. The Morgan fingerprint density at radius 1 is 1.23 bits per heavy atom. The summed E-state index contributed by atoms with van der Waals surface area (Å²) in [6.45, 7) is 0. The lowest BCUT2D eigenvalue weighted by Crippen LogP contribution is -2.37. The Morgan fingerprint density at radius 3 is 2.69 bits per heavy atom. The normalized spacial score (nSPS) is 22.7. The Kier molecular flexibility index (Phi) is 8.78. The van der Waals surface area contributed by atoms with E-state index in [2.05, 4.69) is 27.0 Å². The fourth-order valence-corrected chi connectivity index (χ4v) is 2.84. The van der Waals surface area contributed by atoms with Gasteiger partial charge in [-0.3, -0.25) is 4.79 Å². The molecule has 2 atom stereocenters. The molecule has 0 aromatic carbocycles. The van der Waals surface area contributed by atoms with Crippen molar-refractivity contribution in [3.8, 4) is 5.88 Å². The Morgan fingerprint density at radius 2 is 2.00 bits per heavy atom. The van der Waals surface area contributed by atoms with E-state index in [9.17, 15) is 9.90 Å². The van der Waals surface area contributed by atoms with E-state index in [0.29, 0.717) is 24.0 Å². The third-order valence-corrected chi connectivity index (χ3v) is 4.42. The number of amides is 1. The van der Waals surface area contributed by atoms with Gasteiger partial charge in [-0.15, -0.1) is 0 Å². The molecular weight excluding hydrogens is 332 g/mol. The first-order valence-electron chi connectivity index (χ1n) is 8.65. The second kappa shape index (κ2) is 10.3. The van der Waals surface area contributed by atoms with Gasteiger partial charge in [0, 0.05) is 18.3 Å². The SMILES string of the molecule is COc1nc(NC2CC2)ncc1C(=O)N[C@@H]1[CH]CCC[C@H](O)CC1.[CH2].[CH2]. The minimum Gasteiger partial charge on any atom is -0.480 e. The molecule has 5 radical (unpaired) electrons. The summed E-state index contributed by atoms with van der Waals surface area (Å²) in [5.41, 5.74) is 0.329. The highest BCUT2D eigenvalue weighted by molar-refractivity contribution is 5.96. The summed E-state index contributed by atoms with van der Waals surface area (Å²) in [5, 5.41) is 16.0. The largest absolute Gasteiger partial charge is 0.480 e. The van der Waals surface area contributed by atoms with Gasteiger partial charge >= 0.3 is 0 Å². The van der Waals surface area contributed by atoms with Gasteiger partial charge in [0.15, 0.2) is 0 Å². The van der Waals surface area contributed by atoms with Gasteiger partial charge in [0.1, 0.15) is 5.56 Å². The fourth-order valence-electron chi connectivity index (χ4n) is 2.84. The molecule has 1 aromatic heterocycles. The van der Waals surface area contributed by atoms with Gasteiger partial charge < -0.3 is 20.5 Å². The van der Waals surface area contributed by atoms with Crippen molar-refractivity contribution in [3.05, 3.63) is 33.0 Å². The van der Waals surface area contributed by atoms with E-state index in [0.717, 1.165) is 38.5 Å². The van der Waals surface area contributed by atoms with E-state index in [1.165, 1.54) is 13.3 Å². The number of methoxy groups -OCH3 is 1. The number of carbonyl (C=O) groups excluding carboxylic acids is 1. The third-order valence-electron chi connectivity index (χ3n) is 4.42. The molecule has 2 fully saturated rings. The van der Waals surface area contributed by atoms with E-state index in [1.807, 2.05) is 0 Å². The highest BCUT2D eigenvalue weighted by Gasteiger charge is 2.24. The van der Waals surface area contributed by atoms with Crippen LogP contribution in [0.5, 0.6) is 5.88 Å². The average molecular weight is 361 g/mol. The number of aliphatic hydroxyl groups excluding tert-OH is 1. The molecule has 0 unspecified atom stereocenters. The number of anilines is 1. The minimum atomic E-state index is -0.274. The van der Waals surface area contributed by atoms with Crippen molar-refractivity contribution in [2.75, 3.05) is 12.4 Å². The topological polar surface area (TPSA) is 96.4 Å². The molecule has 2 aliphatic carbocycles. The maximum absolute atomic E-state index is 12.5. The molecule has 1 aromatic rings. The van der Waals surface area contributed by atoms with E-state index < -0.39 is 0 Å². The number of aliphatic hydroxyl groups is 1. The molecule has 1 heterocycles. The van der Waals surface area contributed by atoms with Crippen molar-refractivity contribution >= 4 is 11.9 Å². The average Bonchev–Trinajstić information content (AvgIpc) is 3.38. The predicted octanol–water partition coefficient (Wildman–Crippen LogP) is 2.34. The second-order valence-electron chi connectivity index (χ2n) is 6.51. The molecule has 0 saturated heterocycles. The molecule has 2 aliphatic rings. The summed E-state index contributed by atoms with van der Waals surface area (Å²) in [5.74, 6) is 0.518. The standard InChI is InChI=1S/C17H25N4O3.2CH2/c1-24-16-14(10-18-17(21-16)20-12-6-7-12)15(23)19-11-4-2-3-5-13(22)9-8-11;;/h4,10-13,22H,2-3,5-9H2,1H3,(H,19,23)(H,18,20,21);2*1H2/t11-,13+;;/m1../s1. The maximum atomic E-state index is 12.5. The van der Waals surface area contributed by atoms with Crippen molar-refractivity contribution in [1.29, 1.82) is 0 Å². The summed E-state index contributed by atoms with van der Waals surface area (Å²) < 4.78 is 5.26. The zero-order valence-electron chi connectivity index (χ0n) is 15.4. The second-order valence-corrected chi connectivity index (χ2v) is 6.51. The monoisotopic (exact) mass is 361 g/mol. The Balaban J connectivity index is 0.00000169. The number of nitrogens with one attached hydrogen (secondary N) is 2. The molecule has 3 N–H and O–H groups in total. The number of carbonyl (C=O) groups is 1. The summed E-state index contributed by atoms with van der Waals surface area (Å²) in [4.78, 5) is 21.0. The van der Waals surface area contributed by atoms with Crippen LogP contribution in [0.3, 0.4) is 0 Å². The quantitative estimate of drug-likeness (QED) is 0.745. The molecule has 0 bridgehead atoms. The zero-order valence-corrected chi connectivity index (χ0v) is 15.4. The summed E-state index contributed by atoms with van der Waals surface area (Å²) in [7, 11) is 1.50. The predicted molar refractivity (Wildman–Crippen MR) is 101 cm³/mol. The van der Waals surface area contributed by atoms with Gasteiger partial charge in [-0.25, -0.2) is 4.98 Å². The Labute approximate surface area is 157 Å². The van der Waals surface area contributed by atoms with Crippen molar-refractivity contribution < 1.29 is 14.6 Å². The Hall–Kier alpha value is -1.89. The molecule has 1 amide bonds. The van der Waals surface area contributed by atoms with Crippen LogP contribution in [0.25, 0.3) is 0 Å². The van der Waals surface area contributed by atoms with Crippen LogP contribution < -0.4 is 15.4 Å². The zero-order chi connectivity index (χ0) is 16.9. The molecule has 7 nitrogen and oxygen atoms in total. The van der Waals surface area contributed by atoms with Gasteiger partial charge in [-0.2, -0.15) is 4.98 Å². The van der Waals surface area contributed by atoms with Crippen LogP contribution in [-0.4, -0.2) is 46.3 Å². The summed E-state index contributed by atoms with van der Waals surface area (Å²) >= 11 is 0. The molecule has 0 aliphatic heterocycles. The molecular formula is C19H29N4O3. The minimum absolute atomic E-state index is 0. The van der Waals surface area contributed by atoms with Crippen molar-refractivity contribution in [2.45, 2.75) is 63.1 Å². The maximum Gasteiger partial charge on any atom is 0.258 e. The van der Waals surface area contributed by atoms with Crippen molar-refractivity contribution in [1.82, 2.24) is 15.3 Å². The first kappa shape index (κ1) is 22.2. The van der Waals surface area contributed by atoms with Crippen LogP contribution >= 0.6 is 0 Å². The summed E-state index contributed by atoms with van der Waals surface area (Å²) in [6, 6.07) is 0.381. The van der Waals surface area contributed by atoms with Gasteiger partial charge in [0.05, 0.1) is 13.2 Å². The van der Waals surface area contributed by atoms with Gasteiger partial charge in [-0.1, -0.05) is 21.3 Å². The first-order valence-corrected chi connectivity index (χ1v) is 8.65. The van der Waals surface area contributed by atoms with Gasteiger partial charge in [0.25, 0.3) is 5.91 Å². The number of aromatic nitrogens is 2. The van der Waals surface area contributed by atoms with Crippen molar-refractivity contribution in [2.24, 2.45) is 0 Å². The first-order chi connectivity index (χ1) is 11.7. The Bertz CT molecular complexity index is 578. The van der Waals surface area contributed by atoms with Crippen LogP contribution in [0.4, 0.5) is 5.95 Å². The number of hydrogen-bond donors (Lipinski definition) is 3. The molecule has 2 saturated carbocycles. The lowest BCUT2D eigenvalue weighted by molar-refractivity contribution is 0.0921. The van der Waals surface area contributed by atoms with Crippen LogP contribution in [0, 0.1) is 21.3 Å². The van der Waals surface area contributed by atoms with Crippen molar-refractivity contribution in [3.63, 3.8) is 0 Å². The van der Waals surface area contributed by atoms with E-state index in [-0.39, 0.29) is 38.8 Å². The lowest BCUT2D eigenvalue weighted by Gasteiger charge is -2.23. The number of hydrogen-bond acceptors (Lipinski definition) is 6. The fraction of sp³-hybridized carbons (Fsp3) is 0.579. The lowest BCUT2D eigenvalue weighted by atomic mass is 9.95. The van der Waals surface area contributed by atoms with E-state index in [4.69, 9.17) is 4.74 Å². The highest BCUT2D eigenvalue weighted by atomic mass is 16.5. The van der Waals surface area contributed by atoms with Crippen LogP contribution in [0.15, 0.2) is 6.20 Å². The third kappa shape index (κ3) is 6.12. The summed E-state index contributed by atoms with van der Waals surface area (Å²) in [6.07, 6.45) is 9.67. The molecule has 143 valence electrons. The van der Waals surface area contributed by atoms with Crippen LogP contribution in [0.2, 0.25) is 0 Å².